The van der Waals surface area contributed by atoms with Crippen molar-refractivity contribution in [2.24, 2.45) is 0 Å². The molecule has 0 heterocycles. The van der Waals surface area contributed by atoms with Crippen molar-refractivity contribution >= 4 is 34.8 Å². The smallest absolute Gasteiger partial charge is 0.226 e. The van der Waals surface area contributed by atoms with E-state index in [1.807, 2.05) is 24.3 Å². The number of hydrogen-bond acceptors (Lipinski definition) is 2. The number of anilines is 2. The third kappa shape index (κ3) is 5.33. The Morgan fingerprint density at radius 3 is 2.32 bits per heavy atom. The molecule has 0 aromatic heterocycles. The topological polar surface area (TPSA) is 49.4 Å². The molecule has 0 saturated carbocycles. The molecule has 25 heavy (non-hydrogen) atoms. The molecule has 132 valence electrons. The minimum atomic E-state index is -0.143. The zero-order valence-electron chi connectivity index (χ0n) is 14.8. The summed E-state index contributed by atoms with van der Waals surface area (Å²) in [6, 6.07) is 14.7. The quantitative estimate of drug-likeness (QED) is 0.802. The van der Waals surface area contributed by atoms with Crippen LogP contribution >= 0.6 is 11.6 Å². The summed E-state index contributed by atoms with van der Waals surface area (Å²) in [6.07, 6.45) is 0.217. The molecule has 2 aromatic rings. The van der Waals surface area contributed by atoms with Gasteiger partial charge in [-0.15, -0.1) is 0 Å². The normalized spacial score (nSPS) is 10.6. The molecule has 0 aliphatic rings. The lowest BCUT2D eigenvalue weighted by atomic mass is 10.0. The number of nitrogens with zero attached hydrogens (tertiary/aromatic N) is 1. The second-order valence-electron chi connectivity index (χ2n) is 6.19. The van der Waals surface area contributed by atoms with Gasteiger partial charge in [-0.3, -0.25) is 9.59 Å². The second kappa shape index (κ2) is 8.67. The molecule has 4 nitrogen and oxygen atoms in total. The summed E-state index contributed by atoms with van der Waals surface area (Å²) in [4.78, 5) is 26.0. The summed E-state index contributed by atoms with van der Waals surface area (Å²) >= 11 is 5.84. The Balaban J connectivity index is 2.06. The van der Waals surface area contributed by atoms with Crippen molar-refractivity contribution in [1.82, 2.24) is 0 Å². The zero-order chi connectivity index (χ0) is 18.4. The fourth-order valence-electron chi connectivity index (χ4n) is 2.64. The van der Waals surface area contributed by atoms with E-state index in [9.17, 15) is 9.59 Å². The van der Waals surface area contributed by atoms with Gasteiger partial charge in [0.15, 0.2) is 0 Å². The summed E-state index contributed by atoms with van der Waals surface area (Å²) in [5, 5.41) is 3.43. The molecule has 0 fully saturated rings. The average Bonchev–Trinajstić information content (AvgIpc) is 2.57. The van der Waals surface area contributed by atoms with E-state index >= 15 is 0 Å². The highest BCUT2D eigenvalue weighted by Gasteiger charge is 2.17. The highest BCUT2D eigenvalue weighted by Crippen LogP contribution is 2.27. The standard InChI is InChI=1S/C20H23ClN2O2/c1-14(2)18-6-4-5-7-19(18)23(15(3)24)13-12-20(25)22-17-10-8-16(21)9-11-17/h4-11,14H,12-13H2,1-3H3,(H,22,25). The molecule has 0 bridgehead atoms. The fourth-order valence-corrected chi connectivity index (χ4v) is 2.77. The van der Waals surface area contributed by atoms with Gasteiger partial charge in [-0.25, -0.2) is 0 Å². The first-order chi connectivity index (χ1) is 11.9. The maximum absolute atomic E-state index is 12.2. The van der Waals surface area contributed by atoms with Crippen molar-refractivity contribution in [2.75, 3.05) is 16.8 Å². The van der Waals surface area contributed by atoms with Crippen LogP contribution in [-0.2, 0) is 9.59 Å². The lowest BCUT2D eigenvalue weighted by Crippen LogP contribution is -2.32. The van der Waals surface area contributed by atoms with Gasteiger partial charge in [0.2, 0.25) is 11.8 Å². The highest BCUT2D eigenvalue weighted by molar-refractivity contribution is 6.30. The molecule has 2 amide bonds. The highest BCUT2D eigenvalue weighted by atomic mass is 35.5. The van der Waals surface area contributed by atoms with Crippen molar-refractivity contribution in [1.29, 1.82) is 0 Å². The van der Waals surface area contributed by atoms with E-state index in [-0.39, 0.29) is 18.2 Å². The minimum absolute atomic E-state index is 0.0765. The van der Waals surface area contributed by atoms with E-state index in [2.05, 4.69) is 19.2 Å². The summed E-state index contributed by atoms with van der Waals surface area (Å²) in [5.41, 5.74) is 2.64. The monoisotopic (exact) mass is 358 g/mol. The van der Waals surface area contributed by atoms with Crippen LogP contribution in [0.4, 0.5) is 11.4 Å². The van der Waals surface area contributed by atoms with Gasteiger partial charge in [0.25, 0.3) is 0 Å². The summed E-state index contributed by atoms with van der Waals surface area (Å²) in [7, 11) is 0. The number of para-hydroxylation sites is 1. The Kier molecular flexibility index (Phi) is 6.59. The van der Waals surface area contributed by atoms with Crippen LogP contribution < -0.4 is 10.2 Å². The molecule has 0 spiro atoms. The predicted octanol–water partition coefficient (Wildman–Crippen LogP) is 4.85. The Morgan fingerprint density at radius 1 is 1.08 bits per heavy atom. The number of hydrogen-bond donors (Lipinski definition) is 1. The first-order valence-corrected chi connectivity index (χ1v) is 8.68. The molecule has 2 aromatic carbocycles. The Labute approximate surface area is 153 Å². The van der Waals surface area contributed by atoms with E-state index in [1.165, 1.54) is 6.92 Å². The second-order valence-corrected chi connectivity index (χ2v) is 6.63. The van der Waals surface area contributed by atoms with Crippen LogP contribution in [0, 0.1) is 0 Å². The maximum Gasteiger partial charge on any atom is 0.226 e. The first kappa shape index (κ1) is 19.0. The van der Waals surface area contributed by atoms with Crippen LogP contribution in [0.15, 0.2) is 48.5 Å². The predicted molar refractivity (Wildman–Crippen MR) is 103 cm³/mol. The van der Waals surface area contributed by atoms with Gasteiger partial charge >= 0.3 is 0 Å². The molecule has 0 aliphatic heterocycles. The van der Waals surface area contributed by atoms with Crippen molar-refractivity contribution < 1.29 is 9.59 Å². The molecular formula is C20H23ClN2O2. The number of carbonyl (C=O) groups excluding carboxylic acids is 2. The average molecular weight is 359 g/mol. The van der Waals surface area contributed by atoms with Crippen LogP contribution in [0.2, 0.25) is 5.02 Å². The van der Waals surface area contributed by atoms with Gasteiger partial charge in [-0.1, -0.05) is 43.6 Å². The van der Waals surface area contributed by atoms with E-state index in [0.29, 0.717) is 23.2 Å². The van der Waals surface area contributed by atoms with Crippen molar-refractivity contribution in [3.63, 3.8) is 0 Å². The number of carbonyl (C=O) groups is 2. The van der Waals surface area contributed by atoms with Crippen LogP contribution in [-0.4, -0.2) is 18.4 Å². The number of rotatable bonds is 6. The van der Waals surface area contributed by atoms with E-state index < -0.39 is 0 Å². The van der Waals surface area contributed by atoms with E-state index in [0.717, 1.165) is 11.3 Å². The SMILES string of the molecule is CC(=O)N(CCC(=O)Nc1ccc(Cl)cc1)c1ccccc1C(C)C. The number of amides is 2. The van der Waals surface area contributed by atoms with Crippen LogP contribution in [0.1, 0.15) is 38.7 Å². The molecule has 5 heteroatoms. The van der Waals surface area contributed by atoms with Gasteiger partial charge in [-0.2, -0.15) is 0 Å². The molecule has 0 atom stereocenters. The minimum Gasteiger partial charge on any atom is -0.326 e. The Hall–Kier alpha value is -2.33. The van der Waals surface area contributed by atoms with Gasteiger partial charge in [0.1, 0.15) is 0 Å². The van der Waals surface area contributed by atoms with Gasteiger partial charge in [0.05, 0.1) is 0 Å². The van der Waals surface area contributed by atoms with Crippen LogP contribution in [0.25, 0.3) is 0 Å². The maximum atomic E-state index is 12.2. The van der Waals surface area contributed by atoms with Crippen molar-refractivity contribution in [2.45, 2.75) is 33.1 Å². The van der Waals surface area contributed by atoms with E-state index in [4.69, 9.17) is 11.6 Å². The lowest BCUT2D eigenvalue weighted by molar-refractivity contribution is -0.117. The van der Waals surface area contributed by atoms with Gasteiger partial charge in [-0.05, 0) is 41.8 Å². The first-order valence-electron chi connectivity index (χ1n) is 8.31. The van der Waals surface area contributed by atoms with Crippen LogP contribution in [0.5, 0.6) is 0 Å². The number of halogens is 1. The summed E-state index contributed by atoms with van der Waals surface area (Å²) < 4.78 is 0. The molecule has 0 radical (unpaired) electrons. The van der Waals surface area contributed by atoms with Crippen molar-refractivity contribution in [3.05, 3.63) is 59.1 Å². The largest absolute Gasteiger partial charge is 0.326 e. The summed E-state index contributed by atoms with van der Waals surface area (Å²) in [6.45, 7) is 6.03. The molecule has 0 unspecified atom stereocenters. The Morgan fingerprint density at radius 2 is 1.72 bits per heavy atom. The van der Waals surface area contributed by atoms with E-state index in [1.54, 1.807) is 29.2 Å². The number of nitrogens with one attached hydrogen (secondary N) is 1. The molecule has 2 rings (SSSR count). The Bertz CT molecular complexity index is 742. The molecule has 0 aliphatic carbocycles. The van der Waals surface area contributed by atoms with Crippen molar-refractivity contribution in [3.8, 4) is 0 Å². The molecule has 1 N–H and O–H groups in total. The molecular weight excluding hydrogens is 336 g/mol. The van der Waals surface area contributed by atoms with Gasteiger partial charge in [0, 0.05) is 36.3 Å². The fraction of sp³-hybridized carbons (Fsp3) is 0.300. The molecule has 0 saturated heterocycles. The third-order valence-corrected chi connectivity index (χ3v) is 4.17. The summed E-state index contributed by atoms with van der Waals surface area (Å²) in [5.74, 6) is 0.0731. The van der Waals surface area contributed by atoms with Gasteiger partial charge < -0.3 is 10.2 Å². The zero-order valence-corrected chi connectivity index (χ0v) is 15.5. The van der Waals surface area contributed by atoms with Crippen LogP contribution in [0.3, 0.4) is 0 Å². The number of benzene rings is 2. The third-order valence-electron chi connectivity index (χ3n) is 3.92. The lowest BCUT2D eigenvalue weighted by Gasteiger charge is -2.25.